The predicted octanol–water partition coefficient (Wildman–Crippen LogP) is 1.62. The summed E-state index contributed by atoms with van der Waals surface area (Å²) in [4.78, 5) is 13.7. The van der Waals surface area contributed by atoms with Crippen molar-refractivity contribution >= 4 is 5.91 Å². The fourth-order valence-corrected chi connectivity index (χ4v) is 1.47. The molecule has 0 aliphatic heterocycles. The fraction of sp³-hybridized carbons (Fsp3) is 0.909. The number of nitrogens with two attached hydrogens (primary N) is 1. The minimum absolute atomic E-state index is 0.0130. The van der Waals surface area contributed by atoms with Gasteiger partial charge in [-0.1, -0.05) is 20.3 Å². The first-order chi connectivity index (χ1) is 6.58. The number of carbonyl (C=O) groups excluding carboxylic acids is 1. The molecule has 0 radical (unpaired) electrons. The average molecular weight is 200 g/mol. The van der Waals surface area contributed by atoms with Crippen molar-refractivity contribution in [2.24, 2.45) is 11.7 Å². The van der Waals surface area contributed by atoms with Crippen LogP contribution in [0.2, 0.25) is 0 Å². The van der Waals surface area contributed by atoms with E-state index in [1.165, 1.54) is 0 Å². The highest BCUT2D eigenvalue weighted by Crippen LogP contribution is 2.11. The van der Waals surface area contributed by atoms with Gasteiger partial charge < -0.3 is 10.6 Å². The summed E-state index contributed by atoms with van der Waals surface area (Å²) in [5, 5.41) is 0. The van der Waals surface area contributed by atoms with Gasteiger partial charge in [0.05, 0.1) is 5.92 Å². The monoisotopic (exact) mass is 200 g/mol. The molecule has 0 aromatic carbocycles. The molecule has 0 saturated heterocycles. The summed E-state index contributed by atoms with van der Waals surface area (Å²) in [6.45, 7) is 6.70. The van der Waals surface area contributed by atoms with Crippen LogP contribution in [0.15, 0.2) is 0 Å². The zero-order valence-electron chi connectivity index (χ0n) is 9.92. The van der Waals surface area contributed by atoms with Crippen LogP contribution in [0.1, 0.15) is 40.0 Å². The molecule has 0 aromatic rings. The molecule has 1 amide bonds. The SMILES string of the molecule is CCCC(CN)C(=O)N(C)C(C)CC. The first-order valence-corrected chi connectivity index (χ1v) is 5.55. The van der Waals surface area contributed by atoms with E-state index in [4.69, 9.17) is 5.73 Å². The summed E-state index contributed by atoms with van der Waals surface area (Å²) in [7, 11) is 1.87. The van der Waals surface area contributed by atoms with Crippen LogP contribution in [-0.4, -0.2) is 30.4 Å². The maximum absolute atomic E-state index is 11.9. The second-order valence-electron chi connectivity index (χ2n) is 3.93. The number of nitrogens with zero attached hydrogens (tertiary/aromatic N) is 1. The number of amides is 1. The Kier molecular flexibility index (Phi) is 6.54. The second kappa shape index (κ2) is 6.82. The molecule has 0 spiro atoms. The molecule has 3 heteroatoms. The van der Waals surface area contributed by atoms with E-state index in [1.807, 2.05) is 11.9 Å². The Morgan fingerprint density at radius 2 is 2.00 bits per heavy atom. The molecule has 14 heavy (non-hydrogen) atoms. The minimum Gasteiger partial charge on any atom is -0.343 e. The van der Waals surface area contributed by atoms with Gasteiger partial charge in [0.1, 0.15) is 0 Å². The maximum Gasteiger partial charge on any atom is 0.226 e. The summed E-state index contributed by atoms with van der Waals surface area (Å²) < 4.78 is 0. The highest BCUT2D eigenvalue weighted by molar-refractivity contribution is 5.79. The Morgan fingerprint density at radius 1 is 1.43 bits per heavy atom. The topological polar surface area (TPSA) is 46.3 Å². The van der Waals surface area contributed by atoms with E-state index in [2.05, 4.69) is 20.8 Å². The molecule has 0 rings (SSSR count). The quantitative estimate of drug-likeness (QED) is 0.708. The van der Waals surface area contributed by atoms with Crippen LogP contribution in [0.3, 0.4) is 0 Å². The normalized spacial score (nSPS) is 14.9. The van der Waals surface area contributed by atoms with Gasteiger partial charge in [-0.3, -0.25) is 4.79 Å². The van der Waals surface area contributed by atoms with Crippen molar-refractivity contribution in [2.45, 2.75) is 46.1 Å². The molecule has 0 fully saturated rings. The Labute approximate surface area is 87.6 Å². The zero-order valence-corrected chi connectivity index (χ0v) is 9.92. The standard InChI is InChI=1S/C11H24N2O/c1-5-7-10(8-12)11(14)13(4)9(3)6-2/h9-10H,5-8,12H2,1-4H3. The van der Waals surface area contributed by atoms with Crippen LogP contribution >= 0.6 is 0 Å². The van der Waals surface area contributed by atoms with Gasteiger partial charge in [-0.25, -0.2) is 0 Å². The third-order valence-electron chi connectivity index (χ3n) is 2.87. The fourth-order valence-electron chi connectivity index (χ4n) is 1.47. The molecule has 3 nitrogen and oxygen atoms in total. The number of carbonyl (C=O) groups is 1. The maximum atomic E-state index is 11.9. The van der Waals surface area contributed by atoms with Gasteiger partial charge in [-0.05, 0) is 19.8 Å². The smallest absolute Gasteiger partial charge is 0.226 e. The van der Waals surface area contributed by atoms with Gasteiger partial charge >= 0.3 is 0 Å². The molecule has 2 N–H and O–H groups in total. The van der Waals surface area contributed by atoms with Gasteiger partial charge in [0.2, 0.25) is 5.91 Å². The lowest BCUT2D eigenvalue weighted by Crippen LogP contribution is -2.41. The van der Waals surface area contributed by atoms with E-state index >= 15 is 0 Å². The van der Waals surface area contributed by atoms with E-state index < -0.39 is 0 Å². The van der Waals surface area contributed by atoms with Crippen molar-refractivity contribution in [3.63, 3.8) is 0 Å². The molecule has 2 unspecified atom stereocenters. The molecule has 0 aromatic heterocycles. The van der Waals surface area contributed by atoms with Crippen LogP contribution < -0.4 is 5.73 Å². The Morgan fingerprint density at radius 3 is 2.36 bits per heavy atom. The number of hydrogen-bond donors (Lipinski definition) is 1. The summed E-state index contributed by atoms with van der Waals surface area (Å²) in [6, 6.07) is 0.313. The highest BCUT2D eigenvalue weighted by atomic mass is 16.2. The third kappa shape index (κ3) is 3.66. The van der Waals surface area contributed by atoms with Crippen molar-refractivity contribution < 1.29 is 4.79 Å². The van der Waals surface area contributed by atoms with Gasteiger partial charge in [-0.15, -0.1) is 0 Å². The summed E-state index contributed by atoms with van der Waals surface area (Å²) in [6.07, 6.45) is 2.91. The third-order valence-corrected chi connectivity index (χ3v) is 2.87. The lowest BCUT2D eigenvalue weighted by molar-refractivity contribution is -0.136. The van der Waals surface area contributed by atoms with Crippen molar-refractivity contribution in [2.75, 3.05) is 13.6 Å². The molecule has 0 aliphatic carbocycles. The van der Waals surface area contributed by atoms with E-state index in [9.17, 15) is 4.79 Å². The van der Waals surface area contributed by atoms with E-state index in [1.54, 1.807) is 0 Å². The first kappa shape index (κ1) is 13.4. The Hall–Kier alpha value is -0.570. The van der Waals surface area contributed by atoms with Crippen LogP contribution in [0.4, 0.5) is 0 Å². The molecule has 0 heterocycles. The lowest BCUT2D eigenvalue weighted by Gasteiger charge is -2.27. The van der Waals surface area contributed by atoms with Gasteiger partial charge in [0, 0.05) is 19.6 Å². The summed E-state index contributed by atoms with van der Waals surface area (Å²) in [5.41, 5.74) is 5.59. The molecule has 0 saturated carbocycles. The van der Waals surface area contributed by atoms with E-state index in [0.717, 1.165) is 19.3 Å². The molecule has 84 valence electrons. The van der Waals surface area contributed by atoms with Crippen molar-refractivity contribution in [3.05, 3.63) is 0 Å². The van der Waals surface area contributed by atoms with Crippen molar-refractivity contribution in [3.8, 4) is 0 Å². The zero-order chi connectivity index (χ0) is 11.1. The number of rotatable bonds is 6. The molecular weight excluding hydrogens is 176 g/mol. The predicted molar refractivity (Wildman–Crippen MR) is 60.0 cm³/mol. The van der Waals surface area contributed by atoms with Crippen LogP contribution in [0.5, 0.6) is 0 Å². The largest absolute Gasteiger partial charge is 0.343 e. The Balaban J connectivity index is 4.26. The summed E-state index contributed by atoms with van der Waals surface area (Å²) in [5.74, 6) is 0.211. The minimum atomic E-state index is 0.0130. The summed E-state index contributed by atoms with van der Waals surface area (Å²) >= 11 is 0. The van der Waals surface area contributed by atoms with E-state index in [-0.39, 0.29) is 11.8 Å². The van der Waals surface area contributed by atoms with E-state index in [0.29, 0.717) is 12.6 Å². The van der Waals surface area contributed by atoms with Gasteiger partial charge in [0.15, 0.2) is 0 Å². The van der Waals surface area contributed by atoms with Crippen LogP contribution in [-0.2, 0) is 4.79 Å². The molecule has 0 aliphatic rings. The van der Waals surface area contributed by atoms with Crippen LogP contribution in [0, 0.1) is 5.92 Å². The molecule has 2 atom stereocenters. The first-order valence-electron chi connectivity index (χ1n) is 5.55. The second-order valence-corrected chi connectivity index (χ2v) is 3.93. The molecular formula is C11H24N2O. The van der Waals surface area contributed by atoms with Crippen molar-refractivity contribution in [1.82, 2.24) is 4.90 Å². The van der Waals surface area contributed by atoms with Gasteiger partial charge in [-0.2, -0.15) is 0 Å². The van der Waals surface area contributed by atoms with Gasteiger partial charge in [0.25, 0.3) is 0 Å². The highest BCUT2D eigenvalue weighted by Gasteiger charge is 2.22. The van der Waals surface area contributed by atoms with Crippen LogP contribution in [0.25, 0.3) is 0 Å². The molecule has 0 bridgehead atoms. The van der Waals surface area contributed by atoms with Crippen molar-refractivity contribution in [1.29, 1.82) is 0 Å². The average Bonchev–Trinajstić information content (AvgIpc) is 2.22. The lowest BCUT2D eigenvalue weighted by atomic mass is 10.0. The number of hydrogen-bond acceptors (Lipinski definition) is 2. The Bertz CT molecular complexity index is 167.